The van der Waals surface area contributed by atoms with Gasteiger partial charge in [0.05, 0.1) is 22.8 Å². The van der Waals surface area contributed by atoms with E-state index in [2.05, 4.69) is 30.2 Å². The van der Waals surface area contributed by atoms with Crippen molar-refractivity contribution in [3.8, 4) is 0 Å². The van der Waals surface area contributed by atoms with Gasteiger partial charge in [0, 0.05) is 38.8 Å². The Hall–Kier alpha value is -2.45. The van der Waals surface area contributed by atoms with Gasteiger partial charge in [-0.05, 0) is 37.0 Å². The van der Waals surface area contributed by atoms with E-state index in [0.717, 1.165) is 56.8 Å². The van der Waals surface area contributed by atoms with E-state index in [-0.39, 0.29) is 5.82 Å². The second-order valence-electron chi connectivity index (χ2n) is 7.79. The van der Waals surface area contributed by atoms with Crippen LogP contribution in [-0.2, 0) is 0 Å². The lowest BCUT2D eigenvalue weighted by atomic mass is 9.91. The lowest BCUT2D eigenvalue weighted by molar-refractivity contribution is 0.0994. The molecule has 1 N–H and O–H groups in total. The highest BCUT2D eigenvalue weighted by Gasteiger charge is 2.34. The zero-order valence-corrected chi connectivity index (χ0v) is 16.6. The molecule has 0 spiro atoms. The van der Waals surface area contributed by atoms with Crippen LogP contribution < -0.4 is 10.2 Å². The number of aromatic nitrogens is 3. The van der Waals surface area contributed by atoms with Crippen LogP contribution in [-0.4, -0.2) is 58.8 Å². The van der Waals surface area contributed by atoms with Crippen LogP contribution in [0, 0.1) is 11.7 Å². The molecule has 2 aromatic heterocycles. The molecule has 29 heavy (non-hydrogen) atoms. The molecule has 2 fully saturated rings. The number of benzene rings is 1. The summed E-state index contributed by atoms with van der Waals surface area (Å²) in [5, 5.41) is 8.82. The van der Waals surface area contributed by atoms with E-state index in [1.807, 2.05) is 0 Å². The first kappa shape index (κ1) is 18.6. The average Bonchev–Trinajstić information content (AvgIpc) is 3.16. The zero-order valence-electron chi connectivity index (χ0n) is 15.9. The normalized spacial score (nSPS) is 22.6. The average molecular weight is 417 g/mol. The molecule has 4 heterocycles. The Bertz CT molecular complexity index is 996. The molecular formula is C20H22ClFN6O. The van der Waals surface area contributed by atoms with Crippen LogP contribution in [0.1, 0.15) is 12.8 Å². The predicted octanol–water partition coefficient (Wildman–Crippen LogP) is 3.42. The van der Waals surface area contributed by atoms with Gasteiger partial charge in [0.2, 0.25) is 5.95 Å². The Morgan fingerprint density at radius 3 is 2.90 bits per heavy atom. The second kappa shape index (κ2) is 7.76. The van der Waals surface area contributed by atoms with Crippen LogP contribution in [0.2, 0.25) is 5.02 Å². The third-order valence-corrected chi connectivity index (χ3v) is 6.08. The Morgan fingerprint density at radius 2 is 2.03 bits per heavy atom. The van der Waals surface area contributed by atoms with Crippen molar-refractivity contribution in [2.45, 2.75) is 18.9 Å². The van der Waals surface area contributed by atoms with Crippen molar-refractivity contribution >= 4 is 34.3 Å². The van der Waals surface area contributed by atoms with E-state index in [1.165, 1.54) is 12.1 Å². The predicted molar refractivity (Wildman–Crippen MR) is 110 cm³/mol. The molecule has 0 bridgehead atoms. The largest absolute Gasteiger partial charge is 0.354 e. The van der Waals surface area contributed by atoms with E-state index in [9.17, 15) is 4.39 Å². The SMILES string of the molecule is Fc1ccc2onc(N3CCN4CC(CNc5ncc(Cl)cn5)CCC4C3)c2c1. The van der Waals surface area contributed by atoms with Gasteiger partial charge in [-0.2, -0.15) is 0 Å². The van der Waals surface area contributed by atoms with Gasteiger partial charge in [0.25, 0.3) is 0 Å². The van der Waals surface area contributed by atoms with Crippen molar-refractivity contribution in [1.82, 2.24) is 20.0 Å². The Balaban J connectivity index is 1.20. The maximum Gasteiger partial charge on any atom is 0.222 e. The van der Waals surface area contributed by atoms with E-state index >= 15 is 0 Å². The molecule has 3 aromatic rings. The number of hydrogen-bond acceptors (Lipinski definition) is 7. The topological polar surface area (TPSA) is 70.3 Å². The summed E-state index contributed by atoms with van der Waals surface area (Å²) < 4.78 is 19.1. The summed E-state index contributed by atoms with van der Waals surface area (Å²) >= 11 is 5.83. The first-order valence-electron chi connectivity index (χ1n) is 9.91. The minimum absolute atomic E-state index is 0.265. The van der Waals surface area contributed by atoms with Crippen molar-refractivity contribution in [2.24, 2.45) is 5.92 Å². The van der Waals surface area contributed by atoms with E-state index in [0.29, 0.717) is 28.5 Å². The summed E-state index contributed by atoms with van der Waals surface area (Å²) in [6.45, 7) is 4.60. The fourth-order valence-corrected chi connectivity index (χ4v) is 4.48. The molecule has 0 saturated carbocycles. The monoisotopic (exact) mass is 416 g/mol. The van der Waals surface area contributed by atoms with Crippen molar-refractivity contribution in [2.75, 3.05) is 42.9 Å². The molecule has 2 atom stereocenters. The van der Waals surface area contributed by atoms with Crippen LogP contribution in [0.4, 0.5) is 16.2 Å². The quantitative estimate of drug-likeness (QED) is 0.698. The smallest absolute Gasteiger partial charge is 0.222 e. The van der Waals surface area contributed by atoms with Crippen LogP contribution >= 0.6 is 11.6 Å². The highest BCUT2D eigenvalue weighted by Crippen LogP contribution is 2.31. The zero-order chi connectivity index (χ0) is 19.8. The fraction of sp³-hybridized carbons (Fsp3) is 0.450. The number of nitrogens with one attached hydrogen (secondary N) is 1. The Kier molecular flexibility index (Phi) is 4.97. The maximum atomic E-state index is 13.7. The van der Waals surface area contributed by atoms with Crippen LogP contribution in [0.5, 0.6) is 0 Å². The van der Waals surface area contributed by atoms with Gasteiger partial charge < -0.3 is 14.7 Å². The Labute approximate surface area is 172 Å². The molecule has 2 saturated heterocycles. The van der Waals surface area contributed by atoms with Gasteiger partial charge in [-0.25, -0.2) is 14.4 Å². The molecule has 2 aliphatic heterocycles. The van der Waals surface area contributed by atoms with Gasteiger partial charge >= 0.3 is 0 Å². The minimum atomic E-state index is -0.265. The van der Waals surface area contributed by atoms with E-state index < -0.39 is 0 Å². The lowest BCUT2D eigenvalue weighted by Gasteiger charge is -2.46. The molecule has 152 valence electrons. The Morgan fingerprint density at radius 1 is 1.17 bits per heavy atom. The second-order valence-corrected chi connectivity index (χ2v) is 8.23. The molecule has 0 amide bonds. The molecule has 0 radical (unpaired) electrons. The molecule has 2 aliphatic rings. The van der Waals surface area contributed by atoms with Crippen molar-refractivity contribution in [1.29, 1.82) is 0 Å². The third kappa shape index (κ3) is 3.86. The van der Waals surface area contributed by atoms with Gasteiger partial charge in [-0.3, -0.25) is 4.90 Å². The number of hydrogen-bond donors (Lipinski definition) is 1. The number of piperazine rings is 1. The highest BCUT2D eigenvalue weighted by molar-refractivity contribution is 6.30. The molecule has 0 aliphatic carbocycles. The number of rotatable bonds is 4. The molecular weight excluding hydrogens is 395 g/mol. The number of anilines is 2. The first-order chi connectivity index (χ1) is 14.2. The molecule has 9 heteroatoms. The van der Waals surface area contributed by atoms with Crippen LogP contribution in [0.15, 0.2) is 35.1 Å². The van der Waals surface area contributed by atoms with Crippen LogP contribution in [0.25, 0.3) is 11.0 Å². The summed E-state index contributed by atoms with van der Waals surface area (Å²) in [5.41, 5.74) is 0.628. The molecule has 5 rings (SSSR count). The lowest BCUT2D eigenvalue weighted by Crippen LogP contribution is -2.57. The highest BCUT2D eigenvalue weighted by atomic mass is 35.5. The van der Waals surface area contributed by atoms with Gasteiger partial charge in [-0.15, -0.1) is 0 Å². The number of fused-ring (bicyclic) bond motifs is 2. The first-order valence-corrected chi connectivity index (χ1v) is 10.3. The van der Waals surface area contributed by atoms with Gasteiger partial charge in [0.15, 0.2) is 11.4 Å². The van der Waals surface area contributed by atoms with Gasteiger partial charge in [-0.1, -0.05) is 16.8 Å². The standard InChI is InChI=1S/C20H22ClFN6O/c21-14-9-24-20(25-10-14)23-8-13-1-3-16-12-28(6-5-27(16)11-13)19-17-7-15(22)2-4-18(17)29-26-19/h2,4,7,9-10,13,16H,1,3,5-6,8,11-12H2,(H,23,24,25). The third-order valence-electron chi connectivity index (χ3n) is 5.89. The van der Waals surface area contributed by atoms with Crippen molar-refractivity contribution in [3.63, 3.8) is 0 Å². The van der Waals surface area contributed by atoms with Crippen molar-refractivity contribution in [3.05, 3.63) is 41.4 Å². The summed E-state index contributed by atoms with van der Waals surface area (Å²) in [7, 11) is 0. The number of nitrogens with zero attached hydrogens (tertiary/aromatic N) is 5. The molecule has 7 nitrogen and oxygen atoms in total. The van der Waals surface area contributed by atoms with Crippen LogP contribution in [0.3, 0.4) is 0 Å². The maximum absolute atomic E-state index is 13.7. The number of halogens is 2. The summed E-state index contributed by atoms with van der Waals surface area (Å²) in [6.07, 6.45) is 5.47. The summed E-state index contributed by atoms with van der Waals surface area (Å²) in [6, 6.07) is 5.03. The van der Waals surface area contributed by atoms with Gasteiger partial charge in [0.1, 0.15) is 5.82 Å². The molecule has 1 aromatic carbocycles. The summed E-state index contributed by atoms with van der Waals surface area (Å²) in [4.78, 5) is 13.2. The fourth-order valence-electron chi connectivity index (χ4n) is 4.38. The molecule has 2 unspecified atom stereocenters. The summed E-state index contributed by atoms with van der Waals surface area (Å²) in [5.74, 6) is 1.66. The van der Waals surface area contributed by atoms with E-state index in [4.69, 9.17) is 16.1 Å². The minimum Gasteiger partial charge on any atom is -0.354 e. The van der Waals surface area contributed by atoms with Crippen molar-refractivity contribution < 1.29 is 8.91 Å². The number of piperidine rings is 1. The van der Waals surface area contributed by atoms with E-state index in [1.54, 1.807) is 18.5 Å².